The number of hydrogen-bond acceptors (Lipinski definition) is 1. The van der Waals surface area contributed by atoms with E-state index in [1.807, 2.05) is 12.1 Å². The molecule has 2 aliphatic rings. The molecular weight excluding hydrogens is 314 g/mol. The highest BCUT2D eigenvalue weighted by Crippen LogP contribution is 2.53. The van der Waals surface area contributed by atoms with E-state index in [0.717, 1.165) is 11.5 Å². The van der Waals surface area contributed by atoms with Crippen LogP contribution >= 0.6 is 0 Å². The minimum absolute atomic E-state index is 0.386. The summed E-state index contributed by atoms with van der Waals surface area (Å²) in [5.74, 6) is 0.843. The summed E-state index contributed by atoms with van der Waals surface area (Å²) in [5.41, 5.74) is 3.30. The maximum atomic E-state index is 9.15. The van der Waals surface area contributed by atoms with Crippen LogP contribution in [0.1, 0.15) is 108 Å². The molecule has 2 saturated carbocycles. The van der Waals surface area contributed by atoms with E-state index in [1.165, 1.54) is 89.0 Å². The first-order chi connectivity index (χ1) is 12.6. The van der Waals surface area contributed by atoms with E-state index in [4.69, 9.17) is 5.26 Å². The van der Waals surface area contributed by atoms with Crippen LogP contribution in [0.15, 0.2) is 24.3 Å². The number of nitrogens with zero attached hydrogens (tertiary/aromatic N) is 1. The minimum atomic E-state index is 0.386. The van der Waals surface area contributed by atoms with E-state index in [-0.39, 0.29) is 0 Å². The molecule has 0 saturated heterocycles. The van der Waals surface area contributed by atoms with E-state index in [2.05, 4.69) is 32.0 Å². The van der Waals surface area contributed by atoms with Crippen molar-refractivity contribution in [1.82, 2.24) is 0 Å². The summed E-state index contributed by atoms with van der Waals surface area (Å²) in [6, 6.07) is 10.9. The van der Waals surface area contributed by atoms with E-state index >= 15 is 0 Å². The van der Waals surface area contributed by atoms with Crippen LogP contribution in [0.3, 0.4) is 0 Å². The lowest BCUT2D eigenvalue weighted by molar-refractivity contribution is 0.0818. The van der Waals surface area contributed by atoms with Crippen LogP contribution in [-0.4, -0.2) is 0 Å². The Kier molecular flexibility index (Phi) is 6.44. The Morgan fingerprint density at radius 3 is 2.19 bits per heavy atom. The van der Waals surface area contributed by atoms with Crippen molar-refractivity contribution in [2.75, 3.05) is 0 Å². The lowest BCUT2D eigenvalue weighted by Gasteiger charge is -2.49. The Labute approximate surface area is 161 Å². The van der Waals surface area contributed by atoms with Crippen molar-refractivity contribution in [3.63, 3.8) is 0 Å². The molecule has 0 atom stereocenters. The zero-order valence-electron chi connectivity index (χ0n) is 17.0. The molecule has 0 bridgehead atoms. The summed E-state index contributed by atoms with van der Waals surface area (Å²) in [4.78, 5) is 0. The van der Waals surface area contributed by atoms with Crippen molar-refractivity contribution >= 4 is 0 Å². The molecule has 3 rings (SSSR count). The van der Waals surface area contributed by atoms with Gasteiger partial charge in [-0.1, -0.05) is 64.5 Å². The Morgan fingerprint density at radius 2 is 1.62 bits per heavy atom. The number of unbranched alkanes of at least 4 members (excludes halogenated alkanes) is 2. The van der Waals surface area contributed by atoms with Gasteiger partial charge in [-0.2, -0.15) is 5.26 Å². The molecule has 0 heterocycles. The topological polar surface area (TPSA) is 23.8 Å². The van der Waals surface area contributed by atoms with E-state index in [9.17, 15) is 0 Å². The predicted octanol–water partition coefficient (Wildman–Crippen LogP) is 7.54. The molecule has 0 spiro atoms. The monoisotopic (exact) mass is 351 g/mol. The minimum Gasteiger partial charge on any atom is -0.192 e. The van der Waals surface area contributed by atoms with Gasteiger partial charge in [-0.05, 0) is 79.4 Å². The highest BCUT2D eigenvalue weighted by Gasteiger charge is 2.44. The average Bonchev–Trinajstić information content (AvgIpc) is 2.69. The van der Waals surface area contributed by atoms with E-state index in [0.29, 0.717) is 10.8 Å². The van der Waals surface area contributed by atoms with Crippen molar-refractivity contribution in [3.8, 4) is 6.07 Å². The third kappa shape index (κ3) is 4.16. The summed E-state index contributed by atoms with van der Waals surface area (Å²) in [7, 11) is 0. The average molecular weight is 352 g/mol. The number of benzene rings is 1. The molecule has 0 aromatic heterocycles. The van der Waals surface area contributed by atoms with Gasteiger partial charge >= 0.3 is 0 Å². The van der Waals surface area contributed by atoms with Crippen LogP contribution in [0, 0.1) is 22.7 Å². The van der Waals surface area contributed by atoms with Gasteiger partial charge in [-0.3, -0.25) is 0 Å². The van der Waals surface area contributed by atoms with Gasteiger partial charge in [0, 0.05) is 0 Å². The molecule has 2 aliphatic carbocycles. The van der Waals surface area contributed by atoms with E-state index in [1.54, 1.807) is 0 Å². The Bertz CT molecular complexity index is 592. The van der Waals surface area contributed by atoms with Gasteiger partial charge in [0.15, 0.2) is 0 Å². The third-order valence-electron chi connectivity index (χ3n) is 7.69. The normalized spacial score (nSPS) is 28.4. The second-order valence-electron chi connectivity index (χ2n) is 9.45. The summed E-state index contributed by atoms with van der Waals surface area (Å²) < 4.78 is 0. The fourth-order valence-electron chi connectivity index (χ4n) is 5.91. The summed E-state index contributed by atoms with van der Waals surface area (Å²) in [6.45, 7) is 4.86. The summed E-state index contributed by atoms with van der Waals surface area (Å²) in [6.07, 6.45) is 18.1. The summed E-state index contributed by atoms with van der Waals surface area (Å²) in [5, 5.41) is 9.15. The predicted molar refractivity (Wildman–Crippen MR) is 110 cm³/mol. The molecule has 1 heteroatoms. The third-order valence-corrected chi connectivity index (χ3v) is 7.69. The summed E-state index contributed by atoms with van der Waals surface area (Å²) >= 11 is 0. The molecule has 26 heavy (non-hydrogen) atoms. The van der Waals surface area contributed by atoms with Crippen LogP contribution in [0.2, 0.25) is 0 Å². The van der Waals surface area contributed by atoms with Crippen molar-refractivity contribution in [1.29, 1.82) is 5.26 Å². The van der Waals surface area contributed by atoms with Crippen molar-refractivity contribution < 1.29 is 0 Å². The van der Waals surface area contributed by atoms with Gasteiger partial charge in [-0.15, -0.1) is 0 Å². The molecule has 0 aliphatic heterocycles. The first-order valence-corrected chi connectivity index (χ1v) is 11.1. The highest BCUT2D eigenvalue weighted by atomic mass is 14.5. The fraction of sp³-hybridized carbons (Fsp3) is 0.720. The van der Waals surface area contributed by atoms with Crippen molar-refractivity contribution in [3.05, 3.63) is 35.4 Å². The van der Waals surface area contributed by atoms with E-state index < -0.39 is 0 Å². The lowest BCUT2D eigenvalue weighted by Crippen LogP contribution is -2.41. The van der Waals surface area contributed by atoms with Crippen molar-refractivity contribution in [2.24, 2.45) is 11.3 Å². The number of nitriles is 1. The van der Waals surface area contributed by atoms with Crippen LogP contribution in [-0.2, 0) is 5.41 Å². The molecule has 1 aromatic carbocycles. The molecule has 0 unspecified atom stereocenters. The number of hydrogen-bond donors (Lipinski definition) is 0. The second kappa shape index (κ2) is 8.60. The Hall–Kier alpha value is -1.29. The van der Waals surface area contributed by atoms with Crippen LogP contribution in [0.5, 0.6) is 0 Å². The SMILES string of the molecule is CCCCC[C@]1(C)CC[C@@H](C2(c3ccc(C#N)cc3)CCCCC2)CC1. The quantitative estimate of drug-likeness (QED) is 0.486. The molecule has 2 fully saturated rings. The van der Waals surface area contributed by atoms with Gasteiger partial charge in [0.05, 0.1) is 11.6 Å². The molecule has 0 N–H and O–H groups in total. The molecular formula is C25H37N. The van der Waals surface area contributed by atoms with Crippen LogP contribution in [0.25, 0.3) is 0 Å². The molecule has 1 nitrogen and oxygen atoms in total. The lowest BCUT2D eigenvalue weighted by atomic mass is 9.55. The van der Waals surface area contributed by atoms with Crippen LogP contribution < -0.4 is 0 Å². The molecule has 0 amide bonds. The van der Waals surface area contributed by atoms with Crippen molar-refractivity contribution in [2.45, 2.75) is 103 Å². The maximum absolute atomic E-state index is 9.15. The van der Waals surface area contributed by atoms with Gasteiger partial charge in [0.2, 0.25) is 0 Å². The fourth-order valence-corrected chi connectivity index (χ4v) is 5.91. The van der Waals surface area contributed by atoms with Gasteiger partial charge in [0.1, 0.15) is 0 Å². The molecule has 1 aromatic rings. The van der Waals surface area contributed by atoms with Gasteiger partial charge < -0.3 is 0 Å². The second-order valence-corrected chi connectivity index (χ2v) is 9.45. The zero-order valence-corrected chi connectivity index (χ0v) is 17.0. The standard InChI is InChI=1S/C25H37N/c1-3-4-6-15-24(2)18-13-23(14-19-24)25(16-7-5-8-17-25)22-11-9-21(20-26)10-12-22/h9-12,23H,3-8,13-19H2,1-2H3/t23-,24-. The molecule has 142 valence electrons. The maximum Gasteiger partial charge on any atom is 0.0991 e. The van der Waals surface area contributed by atoms with Gasteiger partial charge in [-0.25, -0.2) is 0 Å². The first kappa shape index (κ1) is 19.5. The number of rotatable bonds is 6. The highest BCUT2D eigenvalue weighted by molar-refractivity contribution is 5.36. The van der Waals surface area contributed by atoms with Gasteiger partial charge in [0.25, 0.3) is 0 Å². The molecule has 0 radical (unpaired) electrons. The largest absolute Gasteiger partial charge is 0.192 e. The first-order valence-electron chi connectivity index (χ1n) is 11.1. The Morgan fingerprint density at radius 1 is 0.962 bits per heavy atom. The zero-order chi connectivity index (χ0) is 18.5. The smallest absolute Gasteiger partial charge is 0.0991 e. The van der Waals surface area contributed by atoms with Crippen LogP contribution in [0.4, 0.5) is 0 Å². The Balaban J connectivity index is 1.74.